The Morgan fingerprint density at radius 2 is 0.958 bits per heavy atom. The van der Waals surface area contributed by atoms with Crippen molar-refractivity contribution >= 4 is 47.5 Å². The Kier molecular flexibility index (Phi) is 5.47. The largest absolute Gasteiger partial charge is 0.249 e. The Balaban J connectivity index is 1.74. The first kappa shape index (κ1) is 16.5. The van der Waals surface area contributed by atoms with Crippen LogP contribution in [0.3, 0.4) is 0 Å². The highest BCUT2D eigenvalue weighted by Gasteiger charge is 1.94. The van der Waals surface area contributed by atoms with Crippen LogP contribution in [0.5, 0.6) is 0 Å². The van der Waals surface area contributed by atoms with Gasteiger partial charge in [-0.15, -0.1) is 0 Å². The Labute approximate surface area is 151 Å². The SMILES string of the molecule is Clc1ccc(/C=C\c2cccc(/C=C\c3ccc(Cl)cc3)n2)cc1. The van der Waals surface area contributed by atoms with Crippen LogP contribution in [-0.2, 0) is 0 Å². The number of hydrogen-bond donors (Lipinski definition) is 0. The smallest absolute Gasteiger partial charge is 0.0637 e. The second-order valence-corrected chi connectivity index (χ2v) is 6.13. The van der Waals surface area contributed by atoms with Gasteiger partial charge in [0.25, 0.3) is 0 Å². The van der Waals surface area contributed by atoms with E-state index < -0.39 is 0 Å². The lowest BCUT2D eigenvalue weighted by molar-refractivity contribution is 1.27. The fourth-order valence-corrected chi connectivity index (χ4v) is 2.42. The van der Waals surface area contributed by atoms with E-state index in [0.29, 0.717) is 0 Å². The lowest BCUT2D eigenvalue weighted by atomic mass is 10.2. The third-order valence-electron chi connectivity index (χ3n) is 3.43. The van der Waals surface area contributed by atoms with Gasteiger partial charge in [0.05, 0.1) is 11.4 Å². The molecule has 118 valence electrons. The maximum Gasteiger partial charge on any atom is 0.0637 e. The van der Waals surface area contributed by atoms with Gasteiger partial charge in [-0.05, 0) is 59.7 Å². The number of benzene rings is 2. The standard InChI is InChI=1S/C21H15Cl2N/c22-18-10-4-16(5-11-18)8-14-20-2-1-3-21(24-20)15-9-17-6-12-19(23)13-7-17/h1-15H/b14-8-,15-9-. The molecule has 0 aliphatic rings. The summed E-state index contributed by atoms with van der Waals surface area (Å²) in [4.78, 5) is 4.61. The van der Waals surface area contributed by atoms with E-state index in [-0.39, 0.29) is 0 Å². The fraction of sp³-hybridized carbons (Fsp3) is 0. The van der Waals surface area contributed by atoms with Crippen molar-refractivity contribution in [2.24, 2.45) is 0 Å². The molecule has 0 spiro atoms. The predicted molar refractivity (Wildman–Crippen MR) is 105 cm³/mol. The highest BCUT2D eigenvalue weighted by molar-refractivity contribution is 6.30. The summed E-state index contributed by atoms with van der Waals surface area (Å²) < 4.78 is 0. The molecular weight excluding hydrogens is 337 g/mol. The summed E-state index contributed by atoms with van der Waals surface area (Å²) in [6.07, 6.45) is 8.02. The summed E-state index contributed by atoms with van der Waals surface area (Å²) >= 11 is 11.8. The van der Waals surface area contributed by atoms with Crippen molar-refractivity contribution in [3.8, 4) is 0 Å². The van der Waals surface area contributed by atoms with Crippen LogP contribution < -0.4 is 0 Å². The van der Waals surface area contributed by atoms with Crippen LogP contribution in [0.4, 0.5) is 0 Å². The Bertz CT molecular complexity index is 792. The van der Waals surface area contributed by atoms with Crippen LogP contribution in [-0.4, -0.2) is 4.98 Å². The van der Waals surface area contributed by atoms with Gasteiger partial charge >= 0.3 is 0 Å². The quantitative estimate of drug-likeness (QED) is 0.507. The van der Waals surface area contributed by atoms with Crippen molar-refractivity contribution in [3.63, 3.8) is 0 Å². The first-order valence-corrected chi connectivity index (χ1v) is 8.29. The van der Waals surface area contributed by atoms with E-state index >= 15 is 0 Å². The van der Waals surface area contributed by atoms with E-state index in [4.69, 9.17) is 23.2 Å². The first-order valence-electron chi connectivity index (χ1n) is 7.53. The van der Waals surface area contributed by atoms with Crippen LogP contribution in [0.15, 0.2) is 66.7 Å². The first-order chi connectivity index (χ1) is 11.7. The molecule has 0 N–H and O–H groups in total. The molecule has 1 nitrogen and oxygen atoms in total. The average Bonchev–Trinajstić information content (AvgIpc) is 2.61. The lowest BCUT2D eigenvalue weighted by Gasteiger charge is -1.98. The Morgan fingerprint density at radius 3 is 1.38 bits per heavy atom. The van der Waals surface area contributed by atoms with E-state index in [0.717, 1.165) is 32.6 Å². The van der Waals surface area contributed by atoms with E-state index in [1.807, 2.05) is 91.0 Å². The molecule has 0 radical (unpaired) electrons. The minimum absolute atomic E-state index is 0.736. The normalized spacial score (nSPS) is 11.4. The fourth-order valence-electron chi connectivity index (χ4n) is 2.17. The molecule has 2 aromatic carbocycles. The molecule has 0 bridgehead atoms. The zero-order valence-electron chi connectivity index (χ0n) is 12.9. The zero-order chi connectivity index (χ0) is 16.8. The molecule has 1 heterocycles. The molecule has 3 heteroatoms. The highest BCUT2D eigenvalue weighted by atomic mass is 35.5. The number of nitrogens with zero attached hydrogens (tertiary/aromatic N) is 1. The topological polar surface area (TPSA) is 12.9 Å². The van der Waals surface area contributed by atoms with Crippen molar-refractivity contribution in [3.05, 3.63) is 99.3 Å². The number of hydrogen-bond acceptors (Lipinski definition) is 1. The summed E-state index contributed by atoms with van der Waals surface area (Å²) in [6, 6.07) is 21.4. The summed E-state index contributed by atoms with van der Waals surface area (Å²) in [5.74, 6) is 0. The molecule has 3 rings (SSSR count). The second-order valence-electron chi connectivity index (χ2n) is 5.26. The van der Waals surface area contributed by atoms with Crippen molar-refractivity contribution in [2.45, 2.75) is 0 Å². The van der Waals surface area contributed by atoms with Crippen molar-refractivity contribution < 1.29 is 0 Å². The molecular formula is C21H15Cl2N. The van der Waals surface area contributed by atoms with Crippen LogP contribution in [0.25, 0.3) is 24.3 Å². The van der Waals surface area contributed by atoms with Gasteiger partial charge in [-0.3, -0.25) is 0 Å². The minimum Gasteiger partial charge on any atom is -0.249 e. The van der Waals surface area contributed by atoms with Gasteiger partial charge < -0.3 is 0 Å². The number of aromatic nitrogens is 1. The molecule has 0 aliphatic carbocycles. The molecule has 0 amide bonds. The van der Waals surface area contributed by atoms with Crippen molar-refractivity contribution in [2.75, 3.05) is 0 Å². The van der Waals surface area contributed by atoms with Gasteiger partial charge in [0.1, 0.15) is 0 Å². The monoisotopic (exact) mass is 351 g/mol. The van der Waals surface area contributed by atoms with Crippen molar-refractivity contribution in [1.29, 1.82) is 0 Å². The van der Waals surface area contributed by atoms with E-state index in [1.165, 1.54) is 0 Å². The van der Waals surface area contributed by atoms with Gasteiger partial charge in [-0.25, -0.2) is 4.98 Å². The van der Waals surface area contributed by atoms with Gasteiger partial charge in [0.15, 0.2) is 0 Å². The summed E-state index contributed by atoms with van der Waals surface area (Å²) in [5.41, 5.74) is 3.98. The van der Waals surface area contributed by atoms with Crippen LogP contribution in [0, 0.1) is 0 Å². The molecule has 1 aromatic heterocycles. The average molecular weight is 352 g/mol. The summed E-state index contributed by atoms with van der Waals surface area (Å²) in [5, 5.41) is 1.47. The molecule has 0 saturated carbocycles. The Hall–Kier alpha value is -2.35. The zero-order valence-corrected chi connectivity index (χ0v) is 14.4. The predicted octanol–water partition coefficient (Wildman–Crippen LogP) is 6.73. The number of pyridine rings is 1. The molecule has 0 fully saturated rings. The maximum atomic E-state index is 5.89. The minimum atomic E-state index is 0.736. The van der Waals surface area contributed by atoms with Crippen LogP contribution >= 0.6 is 23.2 Å². The van der Waals surface area contributed by atoms with Gasteiger partial charge in [-0.2, -0.15) is 0 Å². The molecule has 3 aromatic rings. The highest BCUT2D eigenvalue weighted by Crippen LogP contribution is 2.14. The van der Waals surface area contributed by atoms with Crippen LogP contribution in [0.2, 0.25) is 10.0 Å². The lowest BCUT2D eigenvalue weighted by Crippen LogP contribution is -1.84. The maximum absolute atomic E-state index is 5.89. The van der Waals surface area contributed by atoms with E-state index in [1.54, 1.807) is 0 Å². The van der Waals surface area contributed by atoms with Gasteiger partial charge in [0.2, 0.25) is 0 Å². The van der Waals surface area contributed by atoms with Crippen LogP contribution in [0.1, 0.15) is 22.5 Å². The number of halogens is 2. The van der Waals surface area contributed by atoms with E-state index in [2.05, 4.69) is 4.98 Å². The third-order valence-corrected chi connectivity index (χ3v) is 3.93. The summed E-state index contributed by atoms with van der Waals surface area (Å²) in [6.45, 7) is 0. The molecule has 0 saturated heterocycles. The van der Waals surface area contributed by atoms with Gasteiger partial charge in [0, 0.05) is 10.0 Å². The Morgan fingerprint density at radius 1 is 0.542 bits per heavy atom. The van der Waals surface area contributed by atoms with Gasteiger partial charge in [-0.1, -0.05) is 65.7 Å². The molecule has 0 atom stereocenters. The third kappa shape index (κ3) is 4.82. The number of rotatable bonds is 4. The van der Waals surface area contributed by atoms with E-state index in [9.17, 15) is 0 Å². The molecule has 24 heavy (non-hydrogen) atoms. The summed E-state index contributed by atoms with van der Waals surface area (Å²) in [7, 11) is 0. The van der Waals surface area contributed by atoms with Crippen molar-refractivity contribution in [1.82, 2.24) is 4.98 Å². The molecule has 0 unspecified atom stereocenters. The molecule has 0 aliphatic heterocycles. The second kappa shape index (κ2) is 7.96.